The zero-order valence-corrected chi connectivity index (χ0v) is 11.8. The number of rotatable bonds is 6. The highest BCUT2D eigenvalue weighted by Crippen LogP contribution is 2.29. The fraction of sp³-hybridized carbons (Fsp3) is 0.625. The van der Waals surface area contributed by atoms with Crippen molar-refractivity contribution in [3.05, 3.63) is 29.3 Å². The maximum Gasteiger partial charge on any atom is 0.123 e. The summed E-state index contributed by atoms with van der Waals surface area (Å²) in [6.07, 6.45) is 3.93. The van der Waals surface area contributed by atoms with Gasteiger partial charge in [-0.3, -0.25) is 0 Å². The van der Waals surface area contributed by atoms with Gasteiger partial charge in [0.25, 0.3) is 0 Å². The van der Waals surface area contributed by atoms with E-state index in [9.17, 15) is 0 Å². The number of benzene rings is 1. The van der Waals surface area contributed by atoms with E-state index in [1.807, 2.05) is 0 Å². The van der Waals surface area contributed by atoms with Crippen LogP contribution in [0.25, 0.3) is 0 Å². The molecule has 0 aliphatic carbocycles. The van der Waals surface area contributed by atoms with Crippen LogP contribution in [0.3, 0.4) is 0 Å². The van der Waals surface area contributed by atoms with Crippen molar-refractivity contribution in [2.75, 3.05) is 13.1 Å². The zero-order chi connectivity index (χ0) is 13.0. The van der Waals surface area contributed by atoms with Crippen molar-refractivity contribution < 1.29 is 4.74 Å². The first-order valence-electron chi connectivity index (χ1n) is 7.12. The third-order valence-corrected chi connectivity index (χ3v) is 3.46. The highest BCUT2D eigenvalue weighted by atomic mass is 16.5. The summed E-state index contributed by atoms with van der Waals surface area (Å²) in [5.74, 6) is 1.89. The molecular formula is C16H25NO. The molecule has 0 aromatic heterocycles. The number of fused-ring (bicyclic) bond motifs is 1. The molecule has 100 valence electrons. The van der Waals surface area contributed by atoms with Crippen molar-refractivity contribution in [2.45, 2.75) is 46.1 Å². The van der Waals surface area contributed by atoms with Crippen LogP contribution >= 0.6 is 0 Å². The largest absolute Gasteiger partial charge is 0.488 e. The van der Waals surface area contributed by atoms with Gasteiger partial charge in [0.15, 0.2) is 0 Å². The zero-order valence-electron chi connectivity index (χ0n) is 11.8. The molecule has 0 saturated heterocycles. The van der Waals surface area contributed by atoms with Crippen LogP contribution in [0, 0.1) is 12.8 Å². The lowest BCUT2D eigenvalue weighted by atomic mass is 10.1. The molecule has 2 nitrogen and oxygen atoms in total. The molecule has 2 rings (SSSR count). The molecule has 0 saturated carbocycles. The molecule has 0 radical (unpaired) electrons. The van der Waals surface area contributed by atoms with Gasteiger partial charge in [-0.25, -0.2) is 0 Å². The number of hydrogen-bond acceptors (Lipinski definition) is 2. The van der Waals surface area contributed by atoms with E-state index in [4.69, 9.17) is 4.74 Å². The third-order valence-electron chi connectivity index (χ3n) is 3.46. The molecule has 0 amide bonds. The van der Waals surface area contributed by atoms with Crippen LogP contribution in [0.4, 0.5) is 0 Å². The van der Waals surface area contributed by atoms with Crippen molar-refractivity contribution >= 4 is 0 Å². The fourth-order valence-corrected chi connectivity index (χ4v) is 2.46. The van der Waals surface area contributed by atoms with Crippen LogP contribution in [-0.4, -0.2) is 19.2 Å². The number of nitrogens with one attached hydrogen (secondary N) is 1. The molecule has 1 aromatic carbocycles. The van der Waals surface area contributed by atoms with Crippen molar-refractivity contribution in [3.63, 3.8) is 0 Å². The van der Waals surface area contributed by atoms with Gasteiger partial charge in [0.05, 0.1) is 0 Å². The summed E-state index contributed by atoms with van der Waals surface area (Å²) in [6, 6.07) is 6.47. The van der Waals surface area contributed by atoms with Crippen molar-refractivity contribution in [1.82, 2.24) is 5.32 Å². The van der Waals surface area contributed by atoms with E-state index in [0.717, 1.165) is 31.2 Å². The smallest absolute Gasteiger partial charge is 0.123 e. The quantitative estimate of drug-likeness (QED) is 0.779. The molecule has 2 heteroatoms. The highest BCUT2D eigenvalue weighted by molar-refractivity contribution is 5.40. The number of aryl methyl sites for hydroxylation is 1. The second-order valence-electron chi connectivity index (χ2n) is 5.80. The van der Waals surface area contributed by atoms with Crippen molar-refractivity contribution in [3.8, 4) is 5.75 Å². The predicted molar refractivity (Wildman–Crippen MR) is 76.2 cm³/mol. The molecule has 1 aliphatic rings. The molecule has 1 N–H and O–H groups in total. The van der Waals surface area contributed by atoms with Gasteiger partial charge in [0.2, 0.25) is 0 Å². The Morgan fingerprint density at radius 2 is 2.22 bits per heavy atom. The predicted octanol–water partition coefficient (Wildman–Crippen LogP) is 3.32. The Balaban J connectivity index is 1.68. The van der Waals surface area contributed by atoms with Gasteiger partial charge in [-0.05, 0) is 43.9 Å². The van der Waals surface area contributed by atoms with Crippen LogP contribution in [0.1, 0.15) is 37.8 Å². The van der Waals surface area contributed by atoms with E-state index in [1.54, 1.807) is 0 Å². The van der Waals surface area contributed by atoms with E-state index in [1.165, 1.54) is 24.0 Å². The van der Waals surface area contributed by atoms with Crippen LogP contribution in [0.2, 0.25) is 0 Å². The lowest BCUT2D eigenvalue weighted by Crippen LogP contribution is -2.30. The lowest BCUT2D eigenvalue weighted by molar-refractivity contribution is 0.227. The van der Waals surface area contributed by atoms with Crippen LogP contribution in [0.15, 0.2) is 18.2 Å². The Morgan fingerprint density at radius 3 is 3.00 bits per heavy atom. The summed E-state index contributed by atoms with van der Waals surface area (Å²) in [6.45, 7) is 8.76. The van der Waals surface area contributed by atoms with Gasteiger partial charge in [-0.15, -0.1) is 0 Å². The first-order valence-corrected chi connectivity index (χ1v) is 7.12. The van der Waals surface area contributed by atoms with Crippen LogP contribution in [0.5, 0.6) is 5.75 Å². The topological polar surface area (TPSA) is 21.3 Å². The molecule has 1 unspecified atom stereocenters. The minimum Gasteiger partial charge on any atom is -0.488 e. The average Bonchev–Trinajstić information content (AvgIpc) is 2.70. The van der Waals surface area contributed by atoms with E-state index >= 15 is 0 Å². The van der Waals surface area contributed by atoms with Gasteiger partial charge >= 0.3 is 0 Å². The van der Waals surface area contributed by atoms with Crippen molar-refractivity contribution in [2.24, 2.45) is 5.92 Å². The highest BCUT2D eigenvalue weighted by Gasteiger charge is 2.21. The van der Waals surface area contributed by atoms with Gasteiger partial charge < -0.3 is 10.1 Å². The second-order valence-corrected chi connectivity index (χ2v) is 5.80. The van der Waals surface area contributed by atoms with Gasteiger partial charge in [0, 0.05) is 13.0 Å². The summed E-state index contributed by atoms with van der Waals surface area (Å²) < 4.78 is 5.93. The molecule has 18 heavy (non-hydrogen) atoms. The Bertz CT molecular complexity index is 387. The summed E-state index contributed by atoms with van der Waals surface area (Å²) in [7, 11) is 0. The Labute approximate surface area is 111 Å². The normalized spacial score (nSPS) is 17.9. The van der Waals surface area contributed by atoms with Gasteiger partial charge in [-0.2, -0.15) is 0 Å². The maximum absolute atomic E-state index is 5.93. The minimum atomic E-state index is 0.320. The SMILES string of the molecule is Cc1ccc2c(c1)CC(CNCCCC(C)C)O2. The maximum atomic E-state index is 5.93. The van der Waals surface area contributed by atoms with Crippen LogP contribution < -0.4 is 10.1 Å². The molecule has 1 heterocycles. The van der Waals surface area contributed by atoms with E-state index in [2.05, 4.69) is 44.3 Å². The van der Waals surface area contributed by atoms with E-state index < -0.39 is 0 Å². The summed E-state index contributed by atoms with van der Waals surface area (Å²) in [5.41, 5.74) is 2.69. The summed E-state index contributed by atoms with van der Waals surface area (Å²) in [5, 5.41) is 3.51. The Morgan fingerprint density at radius 1 is 1.39 bits per heavy atom. The molecule has 0 spiro atoms. The van der Waals surface area contributed by atoms with E-state index in [-0.39, 0.29) is 0 Å². The average molecular weight is 247 g/mol. The lowest BCUT2D eigenvalue weighted by Gasteiger charge is -2.12. The first-order chi connectivity index (χ1) is 8.65. The summed E-state index contributed by atoms with van der Waals surface area (Å²) in [4.78, 5) is 0. The molecule has 1 aliphatic heterocycles. The van der Waals surface area contributed by atoms with Crippen molar-refractivity contribution in [1.29, 1.82) is 0 Å². The fourth-order valence-electron chi connectivity index (χ4n) is 2.46. The first kappa shape index (κ1) is 13.4. The Hall–Kier alpha value is -1.02. The number of hydrogen-bond donors (Lipinski definition) is 1. The van der Waals surface area contributed by atoms with Crippen LogP contribution in [-0.2, 0) is 6.42 Å². The molecular weight excluding hydrogens is 222 g/mol. The molecule has 1 atom stereocenters. The van der Waals surface area contributed by atoms with E-state index in [0.29, 0.717) is 6.10 Å². The minimum absolute atomic E-state index is 0.320. The molecule has 0 bridgehead atoms. The molecule has 1 aromatic rings. The molecule has 0 fully saturated rings. The second kappa shape index (κ2) is 6.24. The standard InChI is InChI=1S/C16H25NO/c1-12(2)5-4-8-17-11-15-10-14-9-13(3)6-7-16(14)18-15/h6-7,9,12,15,17H,4-5,8,10-11H2,1-3H3. The Kier molecular flexibility index (Phi) is 4.65. The van der Waals surface area contributed by atoms with Gasteiger partial charge in [0.1, 0.15) is 11.9 Å². The monoisotopic (exact) mass is 247 g/mol. The van der Waals surface area contributed by atoms with Gasteiger partial charge in [-0.1, -0.05) is 31.5 Å². The third kappa shape index (κ3) is 3.74. The number of ether oxygens (including phenoxy) is 1. The summed E-state index contributed by atoms with van der Waals surface area (Å²) >= 11 is 0.